The van der Waals surface area contributed by atoms with E-state index in [1.54, 1.807) is 0 Å². The number of hydrogen-bond acceptors (Lipinski definition) is 2. The first-order chi connectivity index (χ1) is 9.16. The number of amides is 1. The van der Waals surface area contributed by atoms with Crippen LogP contribution in [0.15, 0.2) is 24.4 Å². The molecule has 1 aliphatic heterocycles. The van der Waals surface area contributed by atoms with Crippen LogP contribution in [0.2, 0.25) is 0 Å². The van der Waals surface area contributed by atoms with Gasteiger partial charge in [-0.3, -0.25) is 9.48 Å². The molecule has 2 heterocycles. The first-order valence-electron chi connectivity index (χ1n) is 5.92. The van der Waals surface area contributed by atoms with Crippen LogP contribution in [-0.2, 0) is 13.0 Å². The van der Waals surface area contributed by atoms with Gasteiger partial charge in [-0.25, -0.2) is 8.78 Å². The fraction of sp³-hybridized carbons (Fsp3) is 0.231. The van der Waals surface area contributed by atoms with Crippen molar-refractivity contribution in [2.24, 2.45) is 0 Å². The van der Waals surface area contributed by atoms with Crippen LogP contribution in [0, 0.1) is 11.6 Å². The minimum atomic E-state index is -0.607. The number of rotatable bonds is 2. The number of halogens is 2. The van der Waals surface area contributed by atoms with E-state index in [2.05, 4.69) is 10.4 Å². The van der Waals surface area contributed by atoms with Crippen LogP contribution in [0.5, 0.6) is 0 Å². The molecule has 1 aliphatic rings. The van der Waals surface area contributed by atoms with Crippen molar-refractivity contribution in [3.8, 4) is 0 Å². The molecule has 2 aromatic rings. The summed E-state index contributed by atoms with van der Waals surface area (Å²) in [6.07, 6.45) is 2.04. The summed E-state index contributed by atoms with van der Waals surface area (Å²) in [4.78, 5) is 11.6. The van der Waals surface area contributed by atoms with Crippen LogP contribution >= 0.6 is 0 Å². The van der Waals surface area contributed by atoms with Gasteiger partial charge in [0.05, 0.1) is 24.0 Å². The van der Waals surface area contributed by atoms with Gasteiger partial charge in [-0.1, -0.05) is 6.07 Å². The second-order valence-electron chi connectivity index (χ2n) is 4.37. The summed E-state index contributed by atoms with van der Waals surface area (Å²) in [5.41, 5.74) is 1.15. The highest BCUT2D eigenvalue weighted by Gasteiger charge is 2.22. The van der Waals surface area contributed by atoms with E-state index in [0.717, 1.165) is 0 Å². The number of nitrogens with one attached hydrogen (secondary N) is 1. The second kappa shape index (κ2) is 4.46. The van der Waals surface area contributed by atoms with Crippen molar-refractivity contribution >= 4 is 5.91 Å². The summed E-state index contributed by atoms with van der Waals surface area (Å²) in [6.45, 7) is 0.498. The zero-order chi connectivity index (χ0) is 13.4. The molecule has 0 unspecified atom stereocenters. The zero-order valence-electron chi connectivity index (χ0n) is 9.99. The van der Waals surface area contributed by atoms with E-state index in [4.69, 9.17) is 0 Å². The summed E-state index contributed by atoms with van der Waals surface area (Å²) < 4.78 is 28.7. The molecule has 0 saturated carbocycles. The summed E-state index contributed by atoms with van der Waals surface area (Å²) in [6, 6.07) is 3.74. The molecule has 0 spiro atoms. The van der Waals surface area contributed by atoms with E-state index in [9.17, 15) is 13.6 Å². The fourth-order valence-corrected chi connectivity index (χ4v) is 2.22. The summed E-state index contributed by atoms with van der Waals surface area (Å²) in [7, 11) is 0. The van der Waals surface area contributed by atoms with Gasteiger partial charge in [0.1, 0.15) is 11.6 Å². The number of nitrogens with zero attached hydrogens (tertiary/aromatic N) is 2. The molecule has 0 radical (unpaired) electrons. The predicted octanol–water partition coefficient (Wildman–Crippen LogP) is 1.50. The standard InChI is InChI=1S/C13H11F2N3O/c14-10-2-1-3-11(15)9(10)7-18-12-4-5-16-13(19)8(12)6-17-18/h1-3,6H,4-5,7H2,(H,16,19). The van der Waals surface area contributed by atoms with Gasteiger partial charge in [0, 0.05) is 18.5 Å². The minimum absolute atomic E-state index is 0.0128. The van der Waals surface area contributed by atoms with Gasteiger partial charge in [0.25, 0.3) is 5.91 Å². The van der Waals surface area contributed by atoms with Crippen LogP contribution in [0.25, 0.3) is 0 Å². The lowest BCUT2D eigenvalue weighted by Crippen LogP contribution is -2.32. The van der Waals surface area contributed by atoms with Gasteiger partial charge < -0.3 is 5.32 Å². The van der Waals surface area contributed by atoms with Crippen LogP contribution in [0.1, 0.15) is 21.6 Å². The molecule has 3 rings (SSSR count). The van der Waals surface area contributed by atoms with Gasteiger partial charge in [-0.2, -0.15) is 5.10 Å². The molecule has 0 saturated heterocycles. The van der Waals surface area contributed by atoms with Crippen molar-refractivity contribution in [1.29, 1.82) is 0 Å². The lowest BCUT2D eigenvalue weighted by Gasteiger charge is -2.15. The predicted molar refractivity (Wildman–Crippen MR) is 63.7 cm³/mol. The Bertz CT molecular complexity index is 631. The first-order valence-corrected chi connectivity index (χ1v) is 5.92. The number of carbonyl (C=O) groups excluding carboxylic acids is 1. The third-order valence-electron chi connectivity index (χ3n) is 3.21. The van der Waals surface area contributed by atoms with E-state index >= 15 is 0 Å². The summed E-state index contributed by atoms with van der Waals surface area (Å²) >= 11 is 0. The van der Waals surface area contributed by atoms with Gasteiger partial charge in [-0.05, 0) is 12.1 Å². The quantitative estimate of drug-likeness (QED) is 0.892. The number of benzene rings is 1. The molecule has 1 aromatic heterocycles. The van der Waals surface area contributed by atoms with Gasteiger partial charge in [0.15, 0.2) is 0 Å². The van der Waals surface area contributed by atoms with Crippen molar-refractivity contribution in [1.82, 2.24) is 15.1 Å². The highest BCUT2D eigenvalue weighted by molar-refractivity contribution is 5.96. The number of hydrogen-bond donors (Lipinski definition) is 1. The molecule has 0 aliphatic carbocycles. The Kier molecular flexibility index (Phi) is 2.77. The monoisotopic (exact) mass is 263 g/mol. The fourth-order valence-electron chi connectivity index (χ4n) is 2.22. The van der Waals surface area contributed by atoms with Gasteiger partial charge in [-0.15, -0.1) is 0 Å². The Morgan fingerprint density at radius 3 is 2.79 bits per heavy atom. The molecule has 1 amide bonds. The Morgan fingerprint density at radius 2 is 2.05 bits per heavy atom. The van der Waals surface area contributed by atoms with Crippen LogP contribution < -0.4 is 5.32 Å². The number of aromatic nitrogens is 2. The van der Waals surface area contributed by atoms with E-state index < -0.39 is 11.6 Å². The molecule has 0 bridgehead atoms. The highest BCUT2D eigenvalue weighted by atomic mass is 19.1. The Balaban J connectivity index is 1.99. The van der Waals surface area contributed by atoms with E-state index in [0.29, 0.717) is 24.2 Å². The van der Waals surface area contributed by atoms with E-state index in [-0.39, 0.29) is 18.0 Å². The molecule has 1 N–H and O–H groups in total. The van der Waals surface area contributed by atoms with Crippen molar-refractivity contribution in [2.75, 3.05) is 6.54 Å². The molecule has 19 heavy (non-hydrogen) atoms. The SMILES string of the molecule is O=C1NCCc2c1cnn2Cc1c(F)cccc1F. The van der Waals surface area contributed by atoms with Crippen LogP contribution in [0.4, 0.5) is 8.78 Å². The van der Waals surface area contributed by atoms with Crippen LogP contribution in [-0.4, -0.2) is 22.2 Å². The number of carbonyl (C=O) groups is 1. The van der Waals surface area contributed by atoms with Gasteiger partial charge in [0.2, 0.25) is 0 Å². The Hall–Kier alpha value is -2.24. The largest absolute Gasteiger partial charge is 0.352 e. The zero-order valence-corrected chi connectivity index (χ0v) is 9.99. The maximum absolute atomic E-state index is 13.6. The third-order valence-corrected chi connectivity index (χ3v) is 3.21. The first kappa shape index (κ1) is 11.8. The topological polar surface area (TPSA) is 46.9 Å². The van der Waals surface area contributed by atoms with Crippen molar-refractivity contribution < 1.29 is 13.6 Å². The average molecular weight is 263 g/mol. The maximum atomic E-state index is 13.6. The van der Waals surface area contributed by atoms with E-state index in [1.165, 1.54) is 29.1 Å². The molecule has 4 nitrogen and oxygen atoms in total. The normalized spacial score (nSPS) is 14.1. The summed E-state index contributed by atoms with van der Waals surface area (Å²) in [5.74, 6) is -1.41. The summed E-state index contributed by atoms with van der Waals surface area (Å²) in [5, 5.41) is 6.75. The molecule has 1 aromatic carbocycles. The average Bonchev–Trinajstić information content (AvgIpc) is 2.79. The lowest BCUT2D eigenvalue weighted by atomic mass is 10.1. The third kappa shape index (κ3) is 1.99. The minimum Gasteiger partial charge on any atom is -0.352 e. The van der Waals surface area contributed by atoms with Crippen LogP contribution in [0.3, 0.4) is 0 Å². The smallest absolute Gasteiger partial charge is 0.254 e. The molecule has 0 atom stereocenters. The van der Waals surface area contributed by atoms with Gasteiger partial charge >= 0.3 is 0 Å². The van der Waals surface area contributed by atoms with E-state index in [1.807, 2.05) is 0 Å². The highest BCUT2D eigenvalue weighted by Crippen LogP contribution is 2.18. The van der Waals surface area contributed by atoms with Crippen molar-refractivity contribution in [2.45, 2.75) is 13.0 Å². The lowest BCUT2D eigenvalue weighted by molar-refractivity contribution is 0.0945. The van der Waals surface area contributed by atoms with Crippen molar-refractivity contribution in [3.05, 3.63) is 52.9 Å². The molecule has 0 fully saturated rings. The number of fused-ring (bicyclic) bond motifs is 1. The Labute approximate surface area is 108 Å². The molecule has 98 valence electrons. The second-order valence-corrected chi connectivity index (χ2v) is 4.37. The Morgan fingerprint density at radius 1 is 1.32 bits per heavy atom. The molecular weight excluding hydrogens is 252 g/mol. The molecule has 6 heteroatoms. The molecular formula is C13H11F2N3O. The van der Waals surface area contributed by atoms with Crippen molar-refractivity contribution in [3.63, 3.8) is 0 Å². The maximum Gasteiger partial charge on any atom is 0.254 e.